The maximum absolute atomic E-state index is 3.56. The monoisotopic (exact) mass is 214 g/mol. The first kappa shape index (κ1) is 14.9. The van der Waals surface area contributed by atoms with Gasteiger partial charge in [0.15, 0.2) is 0 Å². The zero-order chi connectivity index (χ0) is 11.8. The van der Waals surface area contributed by atoms with Gasteiger partial charge < -0.3 is 5.32 Å². The highest BCUT2D eigenvalue weighted by Crippen LogP contribution is 2.11. The third-order valence-electron chi connectivity index (χ3n) is 2.83. The van der Waals surface area contributed by atoms with Crippen LogP contribution in [0.15, 0.2) is 0 Å². The lowest BCUT2D eigenvalue weighted by atomic mass is 10.0. The predicted molar refractivity (Wildman–Crippen MR) is 69.3 cm³/mol. The molecule has 0 saturated carbocycles. The summed E-state index contributed by atoms with van der Waals surface area (Å²) in [6.45, 7) is 17.0. The van der Waals surface area contributed by atoms with E-state index >= 15 is 0 Å². The fourth-order valence-electron chi connectivity index (χ4n) is 2.02. The quantitative estimate of drug-likeness (QED) is 0.668. The Morgan fingerprint density at radius 1 is 1.00 bits per heavy atom. The maximum Gasteiger partial charge on any atom is 0.0222 e. The van der Waals surface area contributed by atoms with Crippen LogP contribution >= 0.6 is 0 Å². The fourth-order valence-corrected chi connectivity index (χ4v) is 2.02. The Morgan fingerprint density at radius 3 is 1.87 bits per heavy atom. The SMILES string of the molecule is CCN(CC)C(CNC(C)C)CC(C)C. The van der Waals surface area contributed by atoms with Crippen LogP contribution in [0.1, 0.15) is 48.0 Å². The second-order valence-electron chi connectivity index (χ2n) is 5.07. The number of nitrogens with one attached hydrogen (secondary N) is 1. The van der Waals surface area contributed by atoms with Crippen LogP contribution < -0.4 is 5.32 Å². The topological polar surface area (TPSA) is 15.3 Å². The Kier molecular flexibility index (Phi) is 8.07. The summed E-state index contributed by atoms with van der Waals surface area (Å²) in [6.07, 6.45) is 1.29. The molecule has 0 aliphatic rings. The van der Waals surface area contributed by atoms with Crippen LogP contribution in [0.2, 0.25) is 0 Å². The molecular formula is C13H30N2. The Morgan fingerprint density at radius 2 is 1.53 bits per heavy atom. The van der Waals surface area contributed by atoms with Crippen molar-refractivity contribution in [1.29, 1.82) is 0 Å². The van der Waals surface area contributed by atoms with Gasteiger partial charge in [0.05, 0.1) is 0 Å². The number of hydrogen-bond donors (Lipinski definition) is 1. The van der Waals surface area contributed by atoms with Crippen molar-refractivity contribution in [3.8, 4) is 0 Å². The molecule has 0 saturated heterocycles. The van der Waals surface area contributed by atoms with Gasteiger partial charge in [-0.15, -0.1) is 0 Å². The van der Waals surface area contributed by atoms with E-state index in [2.05, 4.69) is 51.8 Å². The first-order valence-electron chi connectivity index (χ1n) is 6.48. The molecule has 0 spiro atoms. The molecule has 0 aromatic carbocycles. The lowest BCUT2D eigenvalue weighted by Crippen LogP contribution is -2.44. The van der Waals surface area contributed by atoms with E-state index in [1.165, 1.54) is 6.42 Å². The van der Waals surface area contributed by atoms with Gasteiger partial charge >= 0.3 is 0 Å². The van der Waals surface area contributed by atoms with Gasteiger partial charge in [0, 0.05) is 18.6 Å². The van der Waals surface area contributed by atoms with Gasteiger partial charge in [-0.05, 0) is 25.4 Å². The van der Waals surface area contributed by atoms with Crippen molar-refractivity contribution in [2.24, 2.45) is 5.92 Å². The Hall–Kier alpha value is -0.0800. The van der Waals surface area contributed by atoms with Crippen molar-refractivity contribution >= 4 is 0 Å². The lowest BCUT2D eigenvalue weighted by molar-refractivity contribution is 0.183. The van der Waals surface area contributed by atoms with Crippen molar-refractivity contribution in [1.82, 2.24) is 10.2 Å². The third kappa shape index (κ3) is 6.91. The summed E-state index contributed by atoms with van der Waals surface area (Å²) in [5.41, 5.74) is 0. The van der Waals surface area contributed by atoms with Crippen LogP contribution in [0.5, 0.6) is 0 Å². The minimum Gasteiger partial charge on any atom is -0.313 e. The largest absolute Gasteiger partial charge is 0.313 e. The van der Waals surface area contributed by atoms with E-state index in [1.54, 1.807) is 0 Å². The molecule has 15 heavy (non-hydrogen) atoms. The van der Waals surface area contributed by atoms with Gasteiger partial charge in [-0.3, -0.25) is 4.90 Å². The van der Waals surface area contributed by atoms with E-state index in [1.807, 2.05) is 0 Å². The van der Waals surface area contributed by atoms with Gasteiger partial charge in [0.1, 0.15) is 0 Å². The fraction of sp³-hybridized carbons (Fsp3) is 1.00. The highest BCUT2D eigenvalue weighted by molar-refractivity contribution is 4.75. The molecule has 0 aromatic rings. The average molecular weight is 214 g/mol. The van der Waals surface area contributed by atoms with Gasteiger partial charge in [0.2, 0.25) is 0 Å². The van der Waals surface area contributed by atoms with Crippen molar-refractivity contribution in [2.75, 3.05) is 19.6 Å². The van der Waals surface area contributed by atoms with E-state index in [9.17, 15) is 0 Å². The predicted octanol–water partition coefficient (Wildman–Crippen LogP) is 2.74. The maximum atomic E-state index is 3.56. The van der Waals surface area contributed by atoms with Crippen molar-refractivity contribution in [2.45, 2.75) is 60.0 Å². The van der Waals surface area contributed by atoms with Crippen LogP contribution in [-0.2, 0) is 0 Å². The second kappa shape index (κ2) is 8.12. The van der Waals surface area contributed by atoms with E-state index in [-0.39, 0.29) is 0 Å². The first-order chi connectivity index (χ1) is 7.01. The molecule has 0 aromatic heterocycles. The zero-order valence-electron chi connectivity index (χ0n) is 11.5. The Labute approximate surface area is 96.4 Å². The molecule has 0 bridgehead atoms. The summed E-state index contributed by atoms with van der Waals surface area (Å²) in [5, 5.41) is 3.56. The van der Waals surface area contributed by atoms with Crippen molar-refractivity contribution in [3.05, 3.63) is 0 Å². The lowest BCUT2D eigenvalue weighted by Gasteiger charge is -2.31. The molecule has 1 unspecified atom stereocenters. The molecule has 0 fully saturated rings. The summed E-state index contributed by atoms with van der Waals surface area (Å²) in [5.74, 6) is 0.782. The summed E-state index contributed by atoms with van der Waals surface area (Å²) in [6, 6.07) is 1.29. The smallest absolute Gasteiger partial charge is 0.0222 e. The molecule has 0 amide bonds. The normalized spacial score (nSPS) is 14.2. The van der Waals surface area contributed by atoms with Gasteiger partial charge in [-0.2, -0.15) is 0 Å². The minimum absolute atomic E-state index is 0.593. The molecule has 0 heterocycles. The summed E-state index contributed by atoms with van der Waals surface area (Å²) < 4.78 is 0. The zero-order valence-corrected chi connectivity index (χ0v) is 11.5. The highest BCUT2D eigenvalue weighted by Gasteiger charge is 2.16. The summed E-state index contributed by atoms with van der Waals surface area (Å²) >= 11 is 0. The number of rotatable bonds is 8. The molecule has 1 N–H and O–H groups in total. The van der Waals surface area contributed by atoms with E-state index in [0.29, 0.717) is 12.1 Å². The first-order valence-corrected chi connectivity index (χ1v) is 6.48. The highest BCUT2D eigenvalue weighted by atomic mass is 15.2. The summed E-state index contributed by atoms with van der Waals surface area (Å²) in [7, 11) is 0. The number of hydrogen-bond acceptors (Lipinski definition) is 2. The average Bonchev–Trinajstić information content (AvgIpc) is 2.14. The Bertz CT molecular complexity index is 139. The molecule has 92 valence electrons. The molecule has 0 radical (unpaired) electrons. The minimum atomic E-state index is 0.593. The van der Waals surface area contributed by atoms with Crippen molar-refractivity contribution in [3.63, 3.8) is 0 Å². The molecule has 0 rings (SSSR count). The summed E-state index contributed by atoms with van der Waals surface area (Å²) in [4.78, 5) is 2.56. The Balaban J connectivity index is 4.15. The molecule has 0 aliphatic carbocycles. The van der Waals surface area contributed by atoms with Gasteiger partial charge in [-0.25, -0.2) is 0 Å². The van der Waals surface area contributed by atoms with Crippen LogP contribution in [0.4, 0.5) is 0 Å². The molecule has 0 aliphatic heterocycles. The van der Waals surface area contributed by atoms with E-state index < -0.39 is 0 Å². The standard InChI is InChI=1S/C13H30N2/c1-7-15(8-2)13(9-11(3)4)10-14-12(5)6/h11-14H,7-10H2,1-6H3. The van der Waals surface area contributed by atoms with Crippen LogP contribution in [-0.4, -0.2) is 36.6 Å². The van der Waals surface area contributed by atoms with Crippen LogP contribution in [0.25, 0.3) is 0 Å². The van der Waals surface area contributed by atoms with Gasteiger partial charge in [-0.1, -0.05) is 41.5 Å². The molecule has 2 heteroatoms. The molecule has 1 atom stereocenters. The van der Waals surface area contributed by atoms with E-state index in [0.717, 1.165) is 25.6 Å². The van der Waals surface area contributed by atoms with E-state index in [4.69, 9.17) is 0 Å². The van der Waals surface area contributed by atoms with Gasteiger partial charge in [0.25, 0.3) is 0 Å². The van der Waals surface area contributed by atoms with Crippen LogP contribution in [0, 0.1) is 5.92 Å². The molecular weight excluding hydrogens is 184 g/mol. The van der Waals surface area contributed by atoms with Crippen LogP contribution in [0.3, 0.4) is 0 Å². The van der Waals surface area contributed by atoms with Crippen molar-refractivity contribution < 1.29 is 0 Å². The third-order valence-corrected chi connectivity index (χ3v) is 2.83. The number of likely N-dealkylation sites (N-methyl/N-ethyl adjacent to an activating group) is 1. The number of nitrogens with zero attached hydrogens (tertiary/aromatic N) is 1. The second-order valence-corrected chi connectivity index (χ2v) is 5.07. The molecule has 2 nitrogen and oxygen atoms in total.